The van der Waals surface area contributed by atoms with E-state index in [4.69, 9.17) is 0 Å². The number of hydrogen-bond donors (Lipinski definition) is 1. The molecule has 0 fully saturated rings. The van der Waals surface area contributed by atoms with Gasteiger partial charge in [0.05, 0.1) is 0 Å². The highest BCUT2D eigenvalue weighted by Crippen LogP contribution is 2.25. The van der Waals surface area contributed by atoms with Gasteiger partial charge < -0.3 is 5.11 Å². The summed E-state index contributed by atoms with van der Waals surface area (Å²) < 4.78 is 0. The molecule has 1 aromatic carbocycles. The van der Waals surface area contributed by atoms with Crippen LogP contribution in [0, 0.1) is 0 Å². The molecule has 0 atom stereocenters. The largest absolute Gasteiger partial charge is 0.508 e. The molecule has 0 heterocycles. The second kappa shape index (κ2) is 4.41. The molecule has 0 aliphatic rings. The summed E-state index contributed by atoms with van der Waals surface area (Å²) in [6, 6.07) is 5.90. The maximum absolute atomic E-state index is 9.50. The molecular formula is C10H14OS. The first-order valence-electron chi connectivity index (χ1n) is 4.22. The fourth-order valence-electron chi connectivity index (χ4n) is 1.10. The highest BCUT2D eigenvalue weighted by atomic mass is 32.2. The van der Waals surface area contributed by atoms with E-state index in [1.165, 1.54) is 0 Å². The van der Waals surface area contributed by atoms with Gasteiger partial charge in [0.2, 0.25) is 0 Å². The lowest BCUT2D eigenvalue weighted by Gasteiger charge is -2.03. The molecule has 0 radical (unpaired) electrons. The third-order valence-corrected chi connectivity index (χ3v) is 2.62. The lowest BCUT2D eigenvalue weighted by molar-refractivity contribution is 0.467. The second-order valence-electron chi connectivity index (χ2n) is 2.58. The van der Waals surface area contributed by atoms with Crippen LogP contribution in [0.15, 0.2) is 23.1 Å². The van der Waals surface area contributed by atoms with Crippen LogP contribution in [0.1, 0.15) is 19.4 Å². The fourth-order valence-corrected chi connectivity index (χ4v) is 1.79. The molecule has 0 unspecified atom stereocenters. The highest BCUT2D eigenvalue weighted by molar-refractivity contribution is 7.99. The molecule has 1 aromatic rings. The van der Waals surface area contributed by atoms with Gasteiger partial charge in [-0.3, -0.25) is 0 Å². The molecule has 1 N–H and O–H groups in total. The quantitative estimate of drug-likeness (QED) is 0.725. The Morgan fingerprint density at radius 3 is 2.58 bits per heavy atom. The Bertz CT molecular complexity index is 258. The number of hydrogen-bond acceptors (Lipinski definition) is 2. The van der Waals surface area contributed by atoms with Crippen LogP contribution in [-0.4, -0.2) is 10.9 Å². The monoisotopic (exact) mass is 182 g/mol. The summed E-state index contributed by atoms with van der Waals surface area (Å²) in [5, 5.41) is 9.50. The molecule has 0 amide bonds. The van der Waals surface area contributed by atoms with E-state index in [2.05, 4.69) is 13.0 Å². The van der Waals surface area contributed by atoms with E-state index in [1.807, 2.05) is 19.1 Å². The third-order valence-electron chi connectivity index (χ3n) is 1.75. The molecule has 1 nitrogen and oxygen atoms in total. The molecule has 12 heavy (non-hydrogen) atoms. The van der Waals surface area contributed by atoms with Crippen molar-refractivity contribution in [1.29, 1.82) is 0 Å². The van der Waals surface area contributed by atoms with Gasteiger partial charge in [-0.25, -0.2) is 0 Å². The van der Waals surface area contributed by atoms with E-state index < -0.39 is 0 Å². The first-order valence-corrected chi connectivity index (χ1v) is 5.21. The molecule has 0 saturated carbocycles. The molecule has 0 bridgehead atoms. The minimum Gasteiger partial charge on any atom is -0.508 e. The van der Waals surface area contributed by atoms with Gasteiger partial charge in [-0.1, -0.05) is 19.9 Å². The van der Waals surface area contributed by atoms with Gasteiger partial charge in [-0.05, 0) is 29.9 Å². The number of aryl methyl sites for hydroxylation is 1. The summed E-state index contributed by atoms with van der Waals surface area (Å²) in [6.45, 7) is 4.15. The topological polar surface area (TPSA) is 20.2 Å². The highest BCUT2D eigenvalue weighted by Gasteiger charge is 1.99. The van der Waals surface area contributed by atoms with E-state index in [9.17, 15) is 5.11 Å². The van der Waals surface area contributed by atoms with Crippen molar-refractivity contribution >= 4 is 11.8 Å². The number of benzene rings is 1. The zero-order valence-corrected chi connectivity index (χ0v) is 8.32. The normalized spacial score (nSPS) is 10.2. The third kappa shape index (κ3) is 2.18. The molecule has 0 spiro atoms. The Kier molecular flexibility index (Phi) is 3.48. The van der Waals surface area contributed by atoms with E-state index in [-0.39, 0.29) is 0 Å². The van der Waals surface area contributed by atoms with Crippen molar-refractivity contribution in [3.63, 3.8) is 0 Å². The van der Waals surface area contributed by atoms with Crippen LogP contribution in [-0.2, 0) is 6.42 Å². The minimum absolute atomic E-state index is 0.427. The lowest BCUT2D eigenvalue weighted by Crippen LogP contribution is -1.81. The molecule has 2 heteroatoms. The maximum atomic E-state index is 9.50. The van der Waals surface area contributed by atoms with E-state index in [1.54, 1.807) is 11.8 Å². The summed E-state index contributed by atoms with van der Waals surface area (Å²) in [4.78, 5) is 1.15. The van der Waals surface area contributed by atoms with Crippen molar-refractivity contribution < 1.29 is 5.11 Å². The Morgan fingerprint density at radius 2 is 2.08 bits per heavy atom. The van der Waals surface area contributed by atoms with Crippen LogP contribution in [0.5, 0.6) is 5.75 Å². The molecular weight excluding hydrogens is 168 g/mol. The van der Waals surface area contributed by atoms with Crippen molar-refractivity contribution in [1.82, 2.24) is 0 Å². The van der Waals surface area contributed by atoms with Gasteiger partial charge >= 0.3 is 0 Å². The summed E-state index contributed by atoms with van der Waals surface area (Å²) in [6.07, 6.45) is 0.892. The number of thioether (sulfide) groups is 1. The van der Waals surface area contributed by atoms with Gasteiger partial charge in [0, 0.05) is 4.90 Å². The minimum atomic E-state index is 0.427. The predicted molar refractivity (Wildman–Crippen MR) is 53.9 cm³/mol. The number of aromatic hydroxyl groups is 1. The Hall–Kier alpha value is -0.630. The van der Waals surface area contributed by atoms with Crippen LogP contribution >= 0.6 is 11.8 Å². The molecule has 0 saturated heterocycles. The SMILES string of the molecule is CCSc1ccc(CC)c(O)c1. The van der Waals surface area contributed by atoms with Crippen LogP contribution in [0.2, 0.25) is 0 Å². The first kappa shape index (κ1) is 9.46. The van der Waals surface area contributed by atoms with Crippen molar-refractivity contribution in [2.45, 2.75) is 25.2 Å². The molecule has 0 aromatic heterocycles. The molecule has 66 valence electrons. The average Bonchev–Trinajstić information content (AvgIpc) is 2.05. The van der Waals surface area contributed by atoms with Crippen molar-refractivity contribution in [3.8, 4) is 5.75 Å². The summed E-state index contributed by atoms with van der Waals surface area (Å²) in [7, 11) is 0. The van der Waals surface area contributed by atoms with Crippen LogP contribution in [0.3, 0.4) is 0 Å². The van der Waals surface area contributed by atoms with E-state index >= 15 is 0 Å². The zero-order valence-electron chi connectivity index (χ0n) is 7.50. The summed E-state index contributed by atoms with van der Waals surface area (Å²) in [5.41, 5.74) is 1.02. The second-order valence-corrected chi connectivity index (χ2v) is 3.91. The molecule has 0 aliphatic carbocycles. The number of rotatable bonds is 3. The standard InChI is InChI=1S/C10H14OS/c1-3-8-5-6-9(12-4-2)7-10(8)11/h5-7,11H,3-4H2,1-2H3. The summed E-state index contributed by atoms with van der Waals surface area (Å²) in [5.74, 6) is 1.47. The fraction of sp³-hybridized carbons (Fsp3) is 0.400. The number of phenolic OH excluding ortho intramolecular Hbond substituents is 1. The molecule has 0 aliphatic heterocycles. The smallest absolute Gasteiger partial charge is 0.119 e. The predicted octanol–water partition coefficient (Wildman–Crippen LogP) is 3.07. The average molecular weight is 182 g/mol. The van der Waals surface area contributed by atoms with Gasteiger partial charge in [0.15, 0.2) is 0 Å². The lowest BCUT2D eigenvalue weighted by atomic mass is 10.1. The Labute approximate surface area is 77.8 Å². The van der Waals surface area contributed by atoms with Gasteiger partial charge in [0.1, 0.15) is 5.75 Å². The Morgan fingerprint density at radius 1 is 1.33 bits per heavy atom. The van der Waals surface area contributed by atoms with Crippen molar-refractivity contribution in [2.24, 2.45) is 0 Å². The van der Waals surface area contributed by atoms with Crippen LogP contribution < -0.4 is 0 Å². The van der Waals surface area contributed by atoms with Gasteiger partial charge in [-0.2, -0.15) is 0 Å². The zero-order chi connectivity index (χ0) is 8.97. The number of phenols is 1. The van der Waals surface area contributed by atoms with E-state index in [0.717, 1.165) is 22.6 Å². The summed E-state index contributed by atoms with van der Waals surface area (Å²) >= 11 is 1.75. The van der Waals surface area contributed by atoms with Crippen molar-refractivity contribution in [2.75, 3.05) is 5.75 Å². The van der Waals surface area contributed by atoms with E-state index in [0.29, 0.717) is 5.75 Å². The van der Waals surface area contributed by atoms with Gasteiger partial charge in [0.25, 0.3) is 0 Å². The molecule has 1 rings (SSSR count). The van der Waals surface area contributed by atoms with Crippen LogP contribution in [0.25, 0.3) is 0 Å². The Balaban J connectivity index is 2.86. The van der Waals surface area contributed by atoms with Gasteiger partial charge in [-0.15, -0.1) is 11.8 Å². The van der Waals surface area contributed by atoms with Crippen molar-refractivity contribution in [3.05, 3.63) is 23.8 Å². The first-order chi connectivity index (χ1) is 5.77. The van der Waals surface area contributed by atoms with Crippen LogP contribution in [0.4, 0.5) is 0 Å². The maximum Gasteiger partial charge on any atom is 0.119 e.